The molecule has 0 saturated heterocycles. The summed E-state index contributed by atoms with van der Waals surface area (Å²) in [5.41, 5.74) is 10.5. The number of amidine groups is 4. The molecule has 0 saturated carbocycles. The van der Waals surface area contributed by atoms with Gasteiger partial charge in [0.25, 0.3) is 0 Å². The summed E-state index contributed by atoms with van der Waals surface area (Å²) in [7, 11) is 0. The predicted octanol–water partition coefficient (Wildman–Crippen LogP) is 9.66. The second-order valence-corrected chi connectivity index (χ2v) is 24.3. The van der Waals surface area contributed by atoms with Crippen LogP contribution in [0.2, 0.25) is 0 Å². The van der Waals surface area contributed by atoms with Gasteiger partial charge in [0.05, 0.1) is 0 Å². The number of rotatable bonds is 0. The molecule has 4 aliphatic heterocycles. The number of fused-ring (bicyclic) bond motifs is 14. The molecule has 57 heavy (non-hydrogen) atoms. The fraction of sp³-hybridized carbons (Fsp3) is 0.333. The molecule has 0 fully saturated rings. The van der Waals surface area contributed by atoms with E-state index in [1.54, 1.807) is 0 Å². The molecule has 2 aromatic heterocycles. The molecule has 6 bridgehead atoms. The van der Waals surface area contributed by atoms with Crippen LogP contribution < -0.4 is 11.0 Å². The number of aliphatic imine (C=N–C) groups is 4. The maximum absolute atomic E-state index is 5.58. The fourth-order valence-electron chi connectivity index (χ4n) is 8.16. The number of benzene rings is 4. The van der Waals surface area contributed by atoms with Crippen molar-refractivity contribution < 1.29 is 0 Å². The Labute approximate surface area is 347 Å². The van der Waals surface area contributed by atoms with Gasteiger partial charge in [-0.15, -0.1) is 0 Å². The third-order valence-electron chi connectivity index (χ3n) is 11.8. The Balaban J connectivity index is 1.41. The molecule has 0 spiro atoms. The second kappa shape index (κ2) is 11.9. The average Bonchev–Trinajstić information content (AvgIpc) is 3.82. The first-order valence-electron chi connectivity index (χ1n) is 20.0. The van der Waals surface area contributed by atoms with E-state index in [1.165, 1.54) is 22.3 Å². The Morgan fingerprint density at radius 1 is 0.351 bits per heavy atom. The first kappa shape index (κ1) is 36.5. The summed E-state index contributed by atoms with van der Waals surface area (Å²) in [5, 5.41) is 4.28. The van der Waals surface area contributed by atoms with Gasteiger partial charge in [-0.2, -0.15) is 0 Å². The van der Waals surface area contributed by atoms with Crippen molar-refractivity contribution in [3.05, 3.63) is 128 Å². The van der Waals surface area contributed by atoms with Gasteiger partial charge in [0.1, 0.15) is 0 Å². The van der Waals surface area contributed by atoms with Crippen LogP contribution in [0.25, 0.3) is 21.5 Å². The maximum atomic E-state index is 5.58. The molecule has 2 radical (unpaired) electrons. The molecule has 8 nitrogen and oxygen atoms in total. The molecule has 0 unspecified atom stereocenters. The summed E-state index contributed by atoms with van der Waals surface area (Å²) in [6, 6.07) is 27.1. The quantitative estimate of drug-likeness (QED) is 0.136. The van der Waals surface area contributed by atoms with Gasteiger partial charge in [0.2, 0.25) is 0 Å². The molecule has 284 valence electrons. The van der Waals surface area contributed by atoms with E-state index in [0.29, 0.717) is 23.3 Å². The summed E-state index contributed by atoms with van der Waals surface area (Å²) < 4.78 is 4.87. The Hall–Kier alpha value is -4.84. The Morgan fingerprint density at radius 2 is 0.737 bits per heavy atom. The summed E-state index contributed by atoms with van der Waals surface area (Å²) in [4.78, 5) is 32.9. The molecule has 0 aliphatic carbocycles. The van der Waals surface area contributed by atoms with Crippen LogP contribution in [0.15, 0.2) is 103 Å². The molecule has 10 rings (SSSR count). The van der Waals surface area contributed by atoms with Crippen LogP contribution in [0, 0.1) is 0 Å². The first-order valence-corrected chi connectivity index (χ1v) is 23.5. The monoisotopic (exact) mass is 944 g/mol. The van der Waals surface area contributed by atoms with Gasteiger partial charge in [0, 0.05) is 0 Å². The number of aromatic nitrogens is 2. The van der Waals surface area contributed by atoms with E-state index in [-0.39, 0.29) is 21.7 Å². The van der Waals surface area contributed by atoms with Gasteiger partial charge in [-0.25, -0.2) is 0 Å². The molecule has 9 heteroatoms. The third-order valence-corrected chi connectivity index (χ3v) is 16.6. The van der Waals surface area contributed by atoms with Crippen LogP contribution in [0.4, 0.5) is 11.6 Å². The normalized spacial score (nSPS) is 16.0. The molecule has 6 heterocycles. The van der Waals surface area contributed by atoms with Gasteiger partial charge < -0.3 is 0 Å². The fourth-order valence-corrected chi connectivity index (χ4v) is 13.1. The minimum atomic E-state index is -2.26. The summed E-state index contributed by atoms with van der Waals surface area (Å²) >= 11 is -2.26. The van der Waals surface area contributed by atoms with E-state index in [2.05, 4.69) is 161 Å². The SMILES string of the molecule is CC(C)(C)c1ccc2c(c1)C1=NC2=Nc2c3cc(C(C)(C)C)ccc3c3[n]2[Pb][n]2c(c4ccc(C(C)(C)C)cc4c2=NC2=NC(=N3)c3cc(C(C)(C)C)ccc32)=N1. The van der Waals surface area contributed by atoms with Crippen molar-refractivity contribution in [2.45, 2.75) is 105 Å². The van der Waals surface area contributed by atoms with Crippen molar-refractivity contribution in [3.63, 3.8) is 0 Å². The van der Waals surface area contributed by atoms with Gasteiger partial charge in [-0.3, -0.25) is 0 Å². The van der Waals surface area contributed by atoms with E-state index in [0.717, 1.165) is 66.4 Å². The van der Waals surface area contributed by atoms with E-state index < -0.39 is 24.8 Å². The van der Waals surface area contributed by atoms with E-state index in [4.69, 9.17) is 30.0 Å². The average molecular weight is 944 g/mol. The van der Waals surface area contributed by atoms with Gasteiger partial charge in [-0.1, -0.05) is 0 Å². The van der Waals surface area contributed by atoms with Crippen LogP contribution in [-0.4, -0.2) is 52.9 Å². The molecule has 4 aromatic carbocycles. The summed E-state index contributed by atoms with van der Waals surface area (Å²) in [6.07, 6.45) is 0. The summed E-state index contributed by atoms with van der Waals surface area (Å²) in [6.45, 7) is 27.1. The van der Waals surface area contributed by atoms with Crippen molar-refractivity contribution in [3.8, 4) is 0 Å². The topological polar surface area (TPSA) is 84.0 Å². The standard InChI is InChI=1S/C48H48N8.Pb/c1-45(2,3)25-13-17-29-33(21-25)41-49-37(29)54-42-35-23-27(47(7,8)9)15-19-31(35)39(51-42)56-44-36-24-28(48(10,11)12)16-20-32(36)40(52-44)55-43-34-22-26(46(4,5)6)14-18-30(34)38(50-43)53-41;/h13-24H,1-12H3;/q-2;+2. The summed E-state index contributed by atoms with van der Waals surface area (Å²) in [5.74, 6) is 4.53. The molecular formula is C48H48N8Pb. The zero-order valence-corrected chi connectivity index (χ0v) is 38.9. The van der Waals surface area contributed by atoms with Crippen LogP contribution in [0.1, 0.15) is 128 Å². The van der Waals surface area contributed by atoms with Crippen molar-refractivity contribution in [2.24, 2.45) is 30.0 Å². The van der Waals surface area contributed by atoms with E-state index >= 15 is 0 Å². The zero-order valence-electron chi connectivity index (χ0n) is 35.0. The zero-order chi connectivity index (χ0) is 40.1. The van der Waals surface area contributed by atoms with Crippen LogP contribution in [0.5, 0.6) is 0 Å². The molecule has 0 N–H and O–H groups in total. The van der Waals surface area contributed by atoms with E-state index in [1.807, 2.05) is 0 Å². The Morgan fingerprint density at radius 3 is 1.26 bits per heavy atom. The third kappa shape index (κ3) is 5.71. The number of hydrogen-bond acceptors (Lipinski definition) is 6. The molecule has 0 amide bonds. The van der Waals surface area contributed by atoms with Crippen molar-refractivity contribution >= 4 is 81.4 Å². The van der Waals surface area contributed by atoms with Gasteiger partial charge >= 0.3 is 349 Å². The number of hydrogen-bond donors (Lipinski definition) is 0. The molecule has 4 aliphatic rings. The minimum absolute atomic E-state index is 0.0481. The molecule has 6 aromatic rings. The first-order chi connectivity index (χ1) is 26.7. The predicted molar refractivity (Wildman–Crippen MR) is 236 cm³/mol. The Bertz CT molecular complexity index is 3060. The molecule has 0 atom stereocenters. The van der Waals surface area contributed by atoms with Crippen LogP contribution in [-0.2, 0) is 21.7 Å². The van der Waals surface area contributed by atoms with Crippen molar-refractivity contribution in [1.82, 2.24) is 4.75 Å². The van der Waals surface area contributed by atoms with Crippen LogP contribution in [0.3, 0.4) is 0 Å². The number of nitrogens with zero attached hydrogens (tertiary/aromatic N) is 8. The van der Waals surface area contributed by atoms with Crippen molar-refractivity contribution in [2.75, 3.05) is 0 Å². The van der Waals surface area contributed by atoms with E-state index in [9.17, 15) is 0 Å². The van der Waals surface area contributed by atoms with Crippen molar-refractivity contribution in [1.29, 1.82) is 0 Å². The van der Waals surface area contributed by atoms with Crippen LogP contribution >= 0.6 is 0 Å². The van der Waals surface area contributed by atoms with Gasteiger partial charge in [0.15, 0.2) is 0 Å². The second-order valence-electron chi connectivity index (χ2n) is 20.1. The van der Waals surface area contributed by atoms with Gasteiger partial charge in [-0.05, 0) is 0 Å². The Kier molecular flexibility index (Phi) is 7.60. The molecular weight excluding hydrogens is 896 g/mol.